The summed E-state index contributed by atoms with van der Waals surface area (Å²) >= 11 is 0. The summed E-state index contributed by atoms with van der Waals surface area (Å²) in [4.78, 5) is 15.1. The zero-order valence-corrected chi connectivity index (χ0v) is 9.63. The molecule has 0 aliphatic heterocycles. The second-order valence-corrected chi connectivity index (χ2v) is 4.56. The van der Waals surface area contributed by atoms with Gasteiger partial charge in [-0.2, -0.15) is 9.61 Å². The van der Waals surface area contributed by atoms with Crippen molar-refractivity contribution in [2.75, 3.05) is 0 Å². The van der Waals surface area contributed by atoms with Gasteiger partial charge in [-0.15, -0.1) is 0 Å². The number of fused-ring (bicyclic) bond motifs is 1. The van der Waals surface area contributed by atoms with Crippen molar-refractivity contribution in [1.82, 2.24) is 19.2 Å². The molecule has 17 heavy (non-hydrogen) atoms. The molecular formula is C11H14N4O2. The van der Waals surface area contributed by atoms with Crippen LogP contribution in [0.15, 0.2) is 6.20 Å². The molecule has 2 aromatic heterocycles. The summed E-state index contributed by atoms with van der Waals surface area (Å²) < 4.78 is 3.33. The topological polar surface area (TPSA) is 72.4 Å². The highest BCUT2D eigenvalue weighted by molar-refractivity contribution is 5.86. The van der Waals surface area contributed by atoms with E-state index in [0.717, 1.165) is 18.7 Å². The van der Waals surface area contributed by atoms with Crippen LogP contribution in [0.1, 0.15) is 47.9 Å². The molecule has 3 rings (SSSR count). The molecule has 6 heteroatoms. The van der Waals surface area contributed by atoms with Gasteiger partial charge in [-0.1, -0.05) is 12.8 Å². The lowest BCUT2D eigenvalue weighted by Crippen LogP contribution is -2.04. The van der Waals surface area contributed by atoms with Gasteiger partial charge < -0.3 is 5.11 Å². The Labute approximate surface area is 97.9 Å². The fraction of sp³-hybridized carbons (Fsp3) is 0.545. The monoisotopic (exact) mass is 234 g/mol. The van der Waals surface area contributed by atoms with Crippen molar-refractivity contribution in [3.8, 4) is 0 Å². The number of aromatic nitrogens is 4. The number of carboxylic acids is 1. The van der Waals surface area contributed by atoms with Gasteiger partial charge in [0.1, 0.15) is 5.82 Å². The summed E-state index contributed by atoms with van der Waals surface area (Å²) in [6.07, 6.45) is 6.08. The van der Waals surface area contributed by atoms with Crippen LogP contribution in [0.3, 0.4) is 0 Å². The number of aryl methyl sites for hydroxylation is 1. The quantitative estimate of drug-likeness (QED) is 0.853. The summed E-state index contributed by atoms with van der Waals surface area (Å²) in [6, 6.07) is 0. The Morgan fingerprint density at radius 3 is 2.82 bits per heavy atom. The van der Waals surface area contributed by atoms with Crippen LogP contribution in [0.2, 0.25) is 0 Å². The zero-order chi connectivity index (χ0) is 12.0. The van der Waals surface area contributed by atoms with Crippen molar-refractivity contribution in [3.05, 3.63) is 17.7 Å². The third-order valence-electron chi connectivity index (χ3n) is 3.51. The van der Waals surface area contributed by atoms with Crippen molar-refractivity contribution < 1.29 is 9.90 Å². The molecule has 0 radical (unpaired) electrons. The molecule has 2 heterocycles. The first-order chi connectivity index (χ1) is 8.18. The van der Waals surface area contributed by atoms with Gasteiger partial charge in [0.05, 0.1) is 6.20 Å². The van der Waals surface area contributed by atoms with Crippen LogP contribution in [0.4, 0.5) is 0 Å². The minimum atomic E-state index is -0.992. The van der Waals surface area contributed by atoms with Crippen molar-refractivity contribution in [2.24, 2.45) is 7.05 Å². The van der Waals surface area contributed by atoms with E-state index in [-0.39, 0.29) is 5.69 Å². The Bertz CT molecular complexity index is 578. The Hall–Kier alpha value is -1.85. The lowest BCUT2D eigenvalue weighted by molar-refractivity contribution is 0.0688. The molecule has 1 saturated carbocycles. The summed E-state index contributed by atoms with van der Waals surface area (Å²) in [6.45, 7) is 0. The molecule has 6 nitrogen and oxygen atoms in total. The zero-order valence-electron chi connectivity index (χ0n) is 9.63. The molecule has 0 aromatic carbocycles. The van der Waals surface area contributed by atoms with Crippen molar-refractivity contribution in [2.45, 2.75) is 31.6 Å². The van der Waals surface area contributed by atoms with E-state index in [1.54, 1.807) is 0 Å². The van der Waals surface area contributed by atoms with Crippen LogP contribution in [0.25, 0.3) is 5.78 Å². The molecule has 0 bridgehead atoms. The van der Waals surface area contributed by atoms with Crippen LogP contribution < -0.4 is 0 Å². The number of hydrogen-bond donors (Lipinski definition) is 1. The van der Waals surface area contributed by atoms with Crippen molar-refractivity contribution >= 4 is 11.7 Å². The van der Waals surface area contributed by atoms with Crippen LogP contribution in [0, 0.1) is 0 Å². The standard InChI is InChI=1S/C11H14N4O2/c1-14-9(7-4-2-3-5-7)13-15-8(10(16)17)6-12-11(14)15/h6-7H,2-5H2,1H3,(H,16,17). The van der Waals surface area contributed by atoms with Gasteiger partial charge in [0, 0.05) is 13.0 Å². The fourth-order valence-electron chi connectivity index (χ4n) is 2.62. The van der Waals surface area contributed by atoms with Gasteiger partial charge in [-0.05, 0) is 12.8 Å². The van der Waals surface area contributed by atoms with E-state index in [1.165, 1.54) is 23.6 Å². The van der Waals surface area contributed by atoms with Crippen LogP contribution in [-0.2, 0) is 7.05 Å². The Kier molecular flexibility index (Phi) is 2.17. The molecule has 0 spiro atoms. The predicted octanol–water partition coefficient (Wildman–Crippen LogP) is 1.42. The number of nitrogens with zero attached hydrogens (tertiary/aromatic N) is 4. The summed E-state index contributed by atoms with van der Waals surface area (Å²) in [7, 11) is 1.90. The summed E-state index contributed by atoms with van der Waals surface area (Å²) in [5.41, 5.74) is 0.125. The van der Waals surface area contributed by atoms with Gasteiger partial charge in [-0.25, -0.2) is 9.78 Å². The average Bonchev–Trinajstić information content (AvgIpc) is 2.95. The molecule has 1 aliphatic carbocycles. The van der Waals surface area contributed by atoms with E-state index in [1.807, 2.05) is 11.6 Å². The molecule has 1 N–H and O–H groups in total. The molecule has 2 aromatic rings. The summed E-state index contributed by atoms with van der Waals surface area (Å²) in [5, 5.41) is 13.4. The van der Waals surface area contributed by atoms with Crippen LogP contribution >= 0.6 is 0 Å². The normalized spacial score (nSPS) is 17.0. The van der Waals surface area contributed by atoms with E-state index in [0.29, 0.717) is 11.7 Å². The number of imidazole rings is 1. The highest BCUT2D eigenvalue weighted by atomic mass is 16.4. The minimum Gasteiger partial charge on any atom is -0.476 e. The van der Waals surface area contributed by atoms with Gasteiger partial charge in [-0.3, -0.25) is 4.57 Å². The third-order valence-corrected chi connectivity index (χ3v) is 3.51. The first kappa shape index (κ1) is 10.3. The minimum absolute atomic E-state index is 0.125. The molecule has 0 amide bonds. The smallest absolute Gasteiger partial charge is 0.356 e. The van der Waals surface area contributed by atoms with Crippen LogP contribution in [0.5, 0.6) is 0 Å². The van der Waals surface area contributed by atoms with Gasteiger partial charge >= 0.3 is 5.97 Å². The van der Waals surface area contributed by atoms with E-state index in [9.17, 15) is 4.79 Å². The molecular weight excluding hydrogens is 220 g/mol. The maximum atomic E-state index is 11.0. The van der Waals surface area contributed by atoms with Gasteiger partial charge in [0.15, 0.2) is 5.69 Å². The molecule has 0 unspecified atom stereocenters. The fourth-order valence-corrected chi connectivity index (χ4v) is 2.62. The first-order valence-corrected chi connectivity index (χ1v) is 5.82. The van der Waals surface area contributed by atoms with Crippen molar-refractivity contribution in [1.29, 1.82) is 0 Å². The Morgan fingerprint density at radius 1 is 1.47 bits per heavy atom. The largest absolute Gasteiger partial charge is 0.476 e. The second kappa shape index (κ2) is 3.58. The number of rotatable bonds is 2. The maximum absolute atomic E-state index is 11.0. The van der Waals surface area contributed by atoms with Crippen molar-refractivity contribution in [3.63, 3.8) is 0 Å². The lowest BCUT2D eigenvalue weighted by Gasteiger charge is -2.06. The first-order valence-electron chi connectivity index (χ1n) is 5.82. The van der Waals surface area contributed by atoms with E-state index in [2.05, 4.69) is 10.1 Å². The molecule has 0 atom stereocenters. The number of carbonyl (C=O) groups is 1. The molecule has 1 aliphatic rings. The lowest BCUT2D eigenvalue weighted by atomic mass is 10.1. The molecule has 90 valence electrons. The third kappa shape index (κ3) is 1.44. The highest BCUT2D eigenvalue weighted by Crippen LogP contribution is 2.33. The highest BCUT2D eigenvalue weighted by Gasteiger charge is 2.25. The van der Waals surface area contributed by atoms with Crippen LogP contribution in [-0.4, -0.2) is 30.2 Å². The number of hydrogen-bond acceptors (Lipinski definition) is 3. The second-order valence-electron chi connectivity index (χ2n) is 4.56. The Balaban J connectivity index is 2.14. The average molecular weight is 234 g/mol. The van der Waals surface area contributed by atoms with E-state index >= 15 is 0 Å². The number of carboxylic acid groups (broad SMARTS) is 1. The molecule has 1 fully saturated rings. The molecule has 0 saturated heterocycles. The number of aromatic carboxylic acids is 1. The van der Waals surface area contributed by atoms with Gasteiger partial charge in [0.25, 0.3) is 0 Å². The maximum Gasteiger partial charge on any atom is 0.356 e. The van der Waals surface area contributed by atoms with Gasteiger partial charge in [0.2, 0.25) is 5.78 Å². The summed E-state index contributed by atoms with van der Waals surface area (Å²) in [5.74, 6) is 1.01. The van der Waals surface area contributed by atoms with E-state index < -0.39 is 5.97 Å². The Morgan fingerprint density at radius 2 is 2.18 bits per heavy atom. The van der Waals surface area contributed by atoms with E-state index in [4.69, 9.17) is 5.11 Å². The SMILES string of the molecule is Cn1c(C2CCCC2)nn2c(C(=O)O)cnc12. The predicted molar refractivity (Wildman–Crippen MR) is 60.1 cm³/mol.